The Labute approximate surface area is 95.1 Å². The van der Waals surface area contributed by atoms with Crippen LogP contribution in [-0.2, 0) is 6.42 Å². The molecule has 0 aromatic carbocycles. The standard InChI is InChI=1S/C13H18OS/c14-13(6-5-12-2-1-7-15-12)9-10-3-4-11(13)8-10/h1-2,7,10-11,14H,3-6,8-9H2. The first-order chi connectivity index (χ1) is 7.26. The normalized spacial score (nSPS) is 38.7. The van der Waals surface area contributed by atoms with Crippen molar-refractivity contribution in [2.45, 2.75) is 44.1 Å². The summed E-state index contributed by atoms with van der Waals surface area (Å²) in [5, 5.41) is 12.7. The minimum Gasteiger partial charge on any atom is -0.390 e. The van der Waals surface area contributed by atoms with Gasteiger partial charge < -0.3 is 5.11 Å². The molecule has 2 aliphatic carbocycles. The molecule has 1 aromatic heterocycles. The van der Waals surface area contributed by atoms with Gasteiger partial charge in [0, 0.05) is 4.88 Å². The topological polar surface area (TPSA) is 20.2 Å². The fourth-order valence-corrected chi connectivity index (χ4v) is 4.22. The predicted octanol–water partition coefficient (Wildman–Crippen LogP) is 3.23. The quantitative estimate of drug-likeness (QED) is 0.832. The summed E-state index contributed by atoms with van der Waals surface area (Å²) in [6, 6.07) is 4.28. The molecular formula is C13H18OS. The van der Waals surface area contributed by atoms with Gasteiger partial charge in [-0.3, -0.25) is 0 Å². The third kappa shape index (κ3) is 1.74. The molecule has 2 aliphatic rings. The molecule has 3 unspecified atom stereocenters. The molecule has 1 N–H and O–H groups in total. The first-order valence-electron chi connectivity index (χ1n) is 6.01. The van der Waals surface area contributed by atoms with E-state index >= 15 is 0 Å². The maximum atomic E-state index is 10.6. The second-order valence-corrected chi connectivity index (χ2v) is 6.30. The van der Waals surface area contributed by atoms with Gasteiger partial charge in [-0.05, 0) is 61.8 Å². The van der Waals surface area contributed by atoms with Crippen LogP contribution >= 0.6 is 11.3 Å². The summed E-state index contributed by atoms with van der Waals surface area (Å²) in [4.78, 5) is 1.42. The van der Waals surface area contributed by atoms with Crippen LogP contribution in [0, 0.1) is 11.8 Å². The molecule has 0 saturated heterocycles. The van der Waals surface area contributed by atoms with E-state index in [0.29, 0.717) is 5.92 Å². The van der Waals surface area contributed by atoms with E-state index in [-0.39, 0.29) is 5.60 Å². The van der Waals surface area contributed by atoms with Gasteiger partial charge >= 0.3 is 0 Å². The zero-order chi connectivity index (χ0) is 10.3. The molecule has 2 fully saturated rings. The highest BCUT2D eigenvalue weighted by atomic mass is 32.1. The maximum Gasteiger partial charge on any atom is 0.0682 e. The van der Waals surface area contributed by atoms with Crippen LogP contribution in [0.25, 0.3) is 0 Å². The monoisotopic (exact) mass is 222 g/mol. The van der Waals surface area contributed by atoms with Gasteiger partial charge in [0.15, 0.2) is 0 Å². The SMILES string of the molecule is OC1(CCc2cccs2)CC2CCC1C2. The number of aliphatic hydroxyl groups is 1. The average molecular weight is 222 g/mol. The van der Waals surface area contributed by atoms with E-state index in [4.69, 9.17) is 0 Å². The van der Waals surface area contributed by atoms with Crippen LogP contribution in [0.2, 0.25) is 0 Å². The summed E-state index contributed by atoms with van der Waals surface area (Å²) in [5.74, 6) is 1.45. The molecule has 0 spiro atoms. The minimum absolute atomic E-state index is 0.313. The van der Waals surface area contributed by atoms with E-state index in [1.807, 2.05) is 11.3 Å². The molecule has 3 rings (SSSR count). The number of aryl methyl sites for hydroxylation is 1. The molecule has 82 valence electrons. The fraction of sp³-hybridized carbons (Fsp3) is 0.692. The summed E-state index contributed by atoms with van der Waals surface area (Å²) in [7, 11) is 0. The Morgan fingerprint density at radius 3 is 3.00 bits per heavy atom. The largest absolute Gasteiger partial charge is 0.390 e. The fourth-order valence-electron chi connectivity index (χ4n) is 3.52. The van der Waals surface area contributed by atoms with Crippen LogP contribution in [0.4, 0.5) is 0 Å². The number of thiophene rings is 1. The van der Waals surface area contributed by atoms with Gasteiger partial charge in [0.1, 0.15) is 0 Å². The lowest BCUT2D eigenvalue weighted by Crippen LogP contribution is -2.35. The lowest BCUT2D eigenvalue weighted by Gasteiger charge is -2.32. The lowest BCUT2D eigenvalue weighted by atomic mass is 9.81. The highest BCUT2D eigenvalue weighted by Crippen LogP contribution is 2.52. The molecule has 3 atom stereocenters. The maximum absolute atomic E-state index is 10.6. The van der Waals surface area contributed by atoms with Crippen molar-refractivity contribution >= 4 is 11.3 Å². The number of rotatable bonds is 3. The number of fused-ring (bicyclic) bond motifs is 2. The molecule has 1 heterocycles. The Morgan fingerprint density at radius 2 is 2.40 bits per heavy atom. The third-order valence-corrected chi connectivity index (χ3v) is 5.26. The van der Waals surface area contributed by atoms with Gasteiger partial charge in [0.2, 0.25) is 0 Å². The Bertz CT molecular complexity index is 332. The minimum atomic E-state index is -0.313. The molecule has 0 aliphatic heterocycles. The smallest absolute Gasteiger partial charge is 0.0682 e. The summed E-state index contributed by atoms with van der Waals surface area (Å²) >= 11 is 1.81. The molecule has 0 amide bonds. The van der Waals surface area contributed by atoms with E-state index < -0.39 is 0 Å². The molecule has 0 radical (unpaired) electrons. The molecular weight excluding hydrogens is 204 g/mol. The summed E-state index contributed by atoms with van der Waals surface area (Å²) in [6.45, 7) is 0. The van der Waals surface area contributed by atoms with Gasteiger partial charge in [-0.1, -0.05) is 6.07 Å². The van der Waals surface area contributed by atoms with Gasteiger partial charge in [-0.15, -0.1) is 11.3 Å². The first kappa shape index (κ1) is 9.86. The van der Waals surface area contributed by atoms with Crippen LogP contribution in [0.5, 0.6) is 0 Å². The van der Waals surface area contributed by atoms with Crippen molar-refractivity contribution in [3.05, 3.63) is 22.4 Å². The second-order valence-electron chi connectivity index (χ2n) is 5.26. The van der Waals surface area contributed by atoms with E-state index in [1.54, 1.807) is 0 Å². The first-order valence-corrected chi connectivity index (χ1v) is 6.89. The lowest BCUT2D eigenvalue weighted by molar-refractivity contribution is -0.0200. The third-order valence-electron chi connectivity index (χ3n) is 4.33. The molecule has 2 saturated carbocycles. The molecule has 2 heteroatoms. The van der Waals surface area contributed by atoms with Crippen LogP contribution in [0.3, 0.4) is 0 Å². The van der Waals surface area contributed by atoms with Crippen molar-refractivity contribution in [2.24, 2.45) is 11.8 Å². The summed E-state index contributed by atoms with van der Waals surface area (Å²) in [6.07, 6.45) is 7.05. The number of hydrogen-bond acceptors (Lipinski definition) is 2. The Hall–Kier alpha value is -0.340. The van der Waals surface area contributed by atoms with Crippen LogP contribution < -0.4 is 0 Å². The molecule has 1 aromatic rings. The van der Waals surface area contributed by atoms with Gasteiger partial charge in [-0.2, -0.15) is 0 Å². The van der Waals surface area contributed by atoms with Gasteiger partial charge in [0.25, 0.3) is 0 Å². The van der Waals surface area contributed by atoms with Gasteiger partial charge in [0.05, 0.1) is 5.60 Å². The van der Waals surface area contributed by atoms with Crippen molar-refractivity contribution in [3.8, 4) is 0 Å². The second kappa shape index (κ2) is 3.60. The Balaban J connectivity index is 1.63. The van der Waals surface area contributed by atoms with Gasteiger partial charge in [-0.25, -0.2) is 0 Å². The number of hydrogen-bond donors (Lipinski definition) is 1. The highest BCUT2D eigenvalue weighted by molar-refractivity contribution is 7.09. The summed E-state index contributed by atoms with van der Waals surface area (Å²) in [5.41, 5.74) is -0.313. The molecule has 15 heavy (non-hydrogen) atoms. The van der Waals surface area contributed by atoms with E-state index in [1.165, 1.54) is 24.1 Å². The predicted molar refractivity (Wildman–Crippen MR) is 63.0 cm³/mol. The molecule has 1 nitrogen and oxygen atoms in total. The van der Waals surface area contributed by atoms with E-state index in [2.05, 4.69) is 17.5 Å². The van der Waals surface area contributed by atoms with Crippen molar-refractivity contribution in [3.63, 3.8) is 0 Å². The van der Waals surface area contributed by atoms with Crippen molar-refractivity contribution < 1.29 is 5.11 Å². The van der Waals surface area contributed by atoms with Crippen molar-refractivity contribution in [1.29, 1.82) is 0 Å². The zero-order valence-corrected chi connectivity index (χ0v) is 9.80. The van der Waals surface area contributed by atoms with E-state index in [9.17, 15) is 5.11 Å². The van der Waals surface area contributed by atoms with E-state index in [0.717, 1.165) is 25.2 Å². The Kier molecular flexibility index (Phi) is 2.37. The zero-order valence-electron chi connectivity index (χ0n) is 8.98. The van der Waals surface area contributed by atoms with Crippen molar-refractivity contribution in [1.82, 2.24) is 0 Å². The Morgan fingerprint density at radius 1 is 1.47 bits per heavy atom. The van der Waals surface area contributed by atoms with Crippen LogP contribution in [0.1, 0.15) is 37.0 Å². The van der Waals surface area contributed by atoms with Crippen LogP contribution in [0.15, 0.2) is 17.5 Å². The molecule has 2 bridgehead atoms. The highest BCUT2D eigenvalue weighted by Gasteiger charge is 2.49. The summed E-state index contributed by atoms with van der Waals surface area (Å²) < 4.78 is 0. The van der Waals surface area contributed by atoms with Crippen LogP contribution in [-0.4, -0.2) is 10.7 Å². The average Bonchev–Trinajstić information content (AvgIpc) is 2.90. The van der Waals surface area contributed by atoms with Crippen molar-refractivity contribution in [2.75, 3.05) is 0 Å².